The van der Waals surface area contributed by atoms with Gasteiger partial charge in [-0.3, -0.25) is 0 Å². The molecule has 0 radical (unpaired) electrons. The Morgan fingerprint density at radius 1 is 0.519 bits per heavy atom. The van der Waals surface area contributed by atoms with Gasteiger partial charge in [-0.1, -0.05) is 176 Å². The second kappa shape index (κ2) is 28.1. The van der Waals surface area contributed by atoms with Crippen molar-refractivity contribution in [1.82, 2.24) is 0 Å². The van der Waals surface area contributed by atoms with Crippen LogP contribution in [0.3, 0.4) is 0 Å². The van der Waals surface area contributed by atoms with E-state index in [2.05, 4.69) is 84.3 Å². The molecule has 0 heterocycles. The predicted octanol–water partition coefficient (Wildman–Crippen LogP) is 17.6. The van der Waals surface area contributed by atoms with E-state index >= 15 is 0 Å². The monoisotopic (exact) mass is 1080 g/mol. The molecule has 0 N–H and O–H groups in total. The quantitative estimate of drug-likeness (QED) is 0.0194. The molecule has 2 fully saturated rings. The summed E-state index contributed by atoms with van der Waals surface area (Å²) in [5, 5.41) is 20.6. The lowest BCUT2D eigenvalue weighted by molar-refractivity contribution is -0.130. The molecule has 0 aromatic heterocycles. The van der Waals surface area contributed by atoms with E-state index in [0.717, 1.165) is 81.8 Å². The molecule has 8 heteroatoms. The highest BCUT2D eigenvalue weighted by atomic mass is 16.5. The van der Waals surface area contributed by atoms with Gasteiger partial charge in [0.2, 0.25) is 0 Å². The fourth-order valence-corrected chi connectivity index (χ4v) is 13.0. The third-order valence-electron chi connectivity index (χ3n) is 17.4. The summed E-state index contributed by atoms with van der Waals surface area (Å²) in [6.07, 6.45) is 26.1. The van der Waals surface area contributed by atoms with Crippen molar-refractivity contribution in [2.24, 2.45) is 11.8 Å². The number of hydrogen-bond donors (Lipinski definition) is 0. The number of benzene rings is 6. The number of fused-ring (bicyclic) bond motifs is 3. The average molecular weight is 1080 g/mol. The molecule has 0 atom stereocenters. The molecule has 0 bridgehead atoms. The lowest BCUT2D eigenvalue weighted by Crippen LogP contribution is -2.31. The van der Waals surface area contributed by atoms with E-state index in [1.54, 1.807) is 36.4 Å². The largest absolute Gasteiger partial charge is 0.422 e. The zero-order valence-corrected chi connectivity index (χ0v) is 48.5. The summed E-state index contributed by atoms with van der Waals surface area (Å²) < 4.78 is 11.9. The van der Waals surface area contributed by atoms with E-state index in [9.17, 15) is 20.1 Å². The number of ether oxygens (including phenoxy) is 2. The Balaban J connectivity index is 0.929. The molecule has 3 aliphatic rings. The van der Waals surface area contributed by atoms with Crippen molar-refractivity contribution < 1.29 is 19.1 Å². The van der Waals surface area contributed by atoms with Gasteiger partial charge in [-0.25, -0.2) is 9.59 Å². The maximum atomic E-state index is 13.8. The van der Waals surface area contributed by atoms with Crippen LogP contribution in [-0.2, 0) is 15.0 Å². The van der Waals surface area contributed by atoms with E-state index in [-0.39, 0.29) is 11.1 Å². The summed E-state index contributed by atoms with van der Waals surface area (Å²) in [6, 6.07) is 48.8. The fraction of sp³-hybridized carbons (Fsp3) is 0.397. The van der Waals surface area contributed by atoms with Gasteiger partial charge in [0, 0.05) is 37.6 Å². The van der Waals surface area contributed by atoms with Gasteiger partial charge in [0.15, 0.2) is 0 Å². The number of carbonyl (C=O) groups excluding carboxylic acids is 2. The van der Waals surface area contributed by atoms with Crippen LogP contribution in [-0.4, -0.2) is 38.1 Å². The van der Waals surface area contributed by atoms with Gasteiger partial charge in [0.05, 0.1) is 5.41 Å². The van der Waals surface area contributed by atoms with Crippen molar-refractivity contribution in [3.05, 3.63) is 189 Å². The van der Waals surface area contributed by atoms with Crippen molar-refractivity contribution in [2.75, 3.05) is 36.0 Å². The molecule has 3 aliphatic carbocycles. The number of rotatable bonds is 24. The minimum Gasteiger partial charge on any atom is -0.422 e. The Hall–Kier alpha value is -7.68. The zero-order valence-electron chi connectivity index (χ0n) is 48.5. The molecule has 6 aromatic carbocycles. The first kappa shape index (κ1) is 58.0. The average Bonchev–Trinajstić information content (AvgIpc) is 2.41. The van der Waals surface area contributed by atoms with Crippen molar-refractivity contribution >= 4 is 35.5 Å². The van der Waals surface area contributed by atoms with Gasteiger partial charge in [0.25, 0.3) is 0 Å². The van der Waals surface area contributed by atoms with Crippen LogP contribution >= 0.6 is 0 Å². The molecule has 0 spiro atoms. The zero-order chi connectivity index (χ0) is 56.6. The van der Waals surface area contributed by atoms with Crippen LogP contribution in [0.2, 0.25) is 0 Å². The molecular formula is C73H82N4O4. The summed E-state index contributed by atoms with van der Waals surface area (Å²) >= 11 is 0. The van der Waals surface area contributed by atoms with Crippen LogP contribution in [0.4, 0.5) is 11.4 Å². The van der Waals surface area contributed by atoms with Crippen LogP contribution in [0, 0.1) is 48.3 Å². The Bertz CT molecular complexity index is 3040. The normalized spacial score (nSPS) is 15.2. The molecule has 6 aromatic rings. The Labute approximate surface area is 483 Å². The number of nitrogens with zero attached hydrogens (tertiary/aromatic N) is 4. The molecule has 418 valence electrons. The minimum atomic E-state index is -0.802. The third-order valence-corrected chi connectivity index (χ3v) is 17.4. The number of esters is 2. The highest BCUT2D eigenvalue weighted by molar-refractivity contribution is 6.00. The second-order valence-electron chi connectivity index (χ2n) is 23.1. The van der Waals surface area contributed by atoms with E-state index in [0.29, 0.717) is 23.3 Å². The summed E-state index contributed by atoms with van der Waals surface area (Å²) in [5.41, 5.74) is 11.3. The third kappa shape index (κ3) is 13.9. The summed E-state index contributed by atoms with van der Waals surface area (Å²) in [5.74, 6) is 0.619. The lowest BCUT2D eigenvalue weighted by atomic mass is 9.68. The van der Waals surface area contributed by atoms with E-state index in [1.165, 1.54) is 127 Å². The molecule has 0 aliphatic heterocycles. The fourth-order valence-electron chi connectivity index (χ4n) is 13.0. The van der Waals surface area contributed by atoms with Crippen LogP contribution in [0.15, 0.2) is 145 Å². The topological polar surface area (TPSA) is 107 Å². The maximum absolute atomic E-state index is 13.8. The van der Waals surface area contributed by atoms with Gasteiger partial charge < -0.3 is 19.3 Å². The minimum absolute atomic E-state index is 0.0780. The van der Waals surface area contributed by atoms with Crippen molar-refractivity contribution in [3.8, 4) is 34.8 Å². The van der Waals surface area contributed by atoms with E-state index < -0.39 is 17.4 Å². The molecule has 0 amide bonds. The van der Waals surface area contributed by atoms with Crippen LogP contribution in [0.1, 0.15) is 174 Å². The number of nitriles is 2. The smallest absolute Gasteiger partial charge is 0.354 e. The summed E-state index contributed by atoms with van der Waals surface area (Å²) in [4.78, 5) is 32.7. The number of aryl methyl sites for hydroxylation is 2. The predicted molar refractivity (Wildman–Crippen MR) is 330 cm³/mol. The first-order valence-corrected chi connectivity index (χ1v) is 30.4. The number of anilines is 2. The molecule has 2 saturated carbocycles. The first-order chi connectivity index (χ1) is 39.6. The van der Waals surface area contributed by atoms with Crippen molar-refractivity contribution in [2.45, 2.75) is 149 Å². The SMILES string of the molecule is CCCCCCN(CC1CCCCC1)c1ccc(/C=C(\C#N)C(=O)Oc2ccc(C3(c4ccc(OC(=O)/C(C#N)=C/c5ccc(N(CCCCCC)CC6CCCCC6)cc5C)cc4)c4ccccc4-c4ccccc43)cc2)c(C)c1. The highest BCUT2D eigenvalue weighted by Crippen LogP contribution is 2.56. The lowest BCUT2D eigenvalue weighted by Gasteiger charge is -2.34. The second-order valence-corrected chi connectivity index (χ2v) is 23.1. The summed E-state index contributed by atoms with van der Waals surface area (Å²) in [6.45, 7) is 12.8. The van der Waals surface area contributed by atoms with Crippen LogP contribution in [0.5, 0.6) is 11.5 Å². The van der Waals surface area contributed by atoms with Gasteiger partial charge in [-0.05, 0) is 181 Å². The highest BCUT2D eigenvalue weighted by Gasteiger charge is 2.46. The molecule has 8 nitrogen and oxygen atoms in total. The number of unbranched alkanes of at least 4 members (excludes halogenated alkanes) is 6. The van der Waals surface area contributed by atoms with Gasteiger partial charge in [-0.15, -0.1) is 0 Å². The van der Waals surface area contributed by atoms with E-state index in [4.69, 9.17) is 9.47 Å². The number of carbonyl (C=O) groups is 2. The molecular weight excluding hydrogens is 997 g/mol. The van der Waals surface area contributed by atoms with Crippen LogP contribution < -0.4 is 19.3 Å². The van der Waals surface area contributed by atoms with Crippen molar-refractivity contribution in [1.29, 1.82) is 10.5 Å². The summed E-state index contributed by atoms with van der Waals surface area (Å²) in [7, 11) is 0. The van der Waals surface area contributed by atoms with Crippen LogP contribution in [0.25, 0.3) is 23.3 Å². The van der Waals surface area contributed by atoms with Gasteiger partial charge in [0.1, 0.15) is 34.8 Å². The number of hydrogen-bond acceptors (Lipinski definition) is 8. The maximum Gasteiger partial charge on any atom is 0.354 e. The molecule has 81 heavy (non-hydrogen) atoms. The van der Waals surface area contributed by atoms with E-state index in [1.807, 2.05) is 74.5 Å². The molecule has 0 unspecified atom stereocenters. The Kier molecular flexibility index (Phi) is 20.2. The standard InChI is InChI=1S/C73H82N4O4/c1-5-7-9-21-43-76(51-55-23-13-11-14-24-55)63-37-31-57(53(3)45-63)47-59(49-74)71(78)80-65-39-33-61(34-40-65)73(69-29-19-17-27-67(69)68-28-18-20-30-70(68)73)62-35-41-66(42-36-62)81-72(79)60(50-75)48-58-32-38-64(46-54(58)4)77(44-22-10-8-6-2)52-56-25-15-12-16-26-56/h17-20,27-42,45-48,55-56H,5-16,21-26,43-44,51-52H2,1-4H3/b59-47+,60-48+. The Morgan fingerprint density at radius 3 is 1.28 bits per heavy atom. The molecule has 0 saturated heterocycles. The van der Waals surface area contributed by atoms with Gasteiger partial charge >= 0.3 is 11.9 Å². The van der Waals surface area contributed by atoms with Gasteiger partial charge in [-0.2, -0.15) is 10.5 Å². The molecule has 9 rings (SSSR count). The first-order valence-electron chi connectivity index (χ1n) is 30.4. The van der Waals surface area contributed by atoms with Crippen molar-refractivity contribution in [3.63, 3.8) is 0 Å². The Morgan fingerprint density at radius 2 is 0.914 bits per heavy atom.